The van der Waals surface area contributed by atoms with Crippen LogP contribution >= 0.6 is 11.8 Å². The minimum atomic E-state index is 0.281. The Labute approximate surface area is 102 Å². The number of hydrogen-bond donors (Lipinski definition) is 0. The van der Waals surface area contributed by atoms with Crippen molar-refractivity contribution < 1.29 is 0 Å². The molecule has 0 aromatic heterocycles. The SMILES string of the molecule is CC(C)(C)SC(C)(C)C(C)(C)C(C)(C)C. The smallest absolute Gasteiger partial charge is 0.0164 e. The standard InChI is InChI=1S/C14H30S/c1-11(2,3)13(7,8)14(9,10)15-12(4,5)6/h1-10H3. The van der Waals surface area contributed by atoms with E-state index in [1.807, 2.05) is 0 Å². The highest BCUT2D eigenvalue weighted by molar-refractivity contribution is 8.01. The normalized spacial score (nSPS) is 15.6. The molecule has 0 heterocycles. The van der Waals surface area contributed by atoms with Crippen molar-refractivity contribution in [2.75, 3.05) is 0 Å². The Hall–Kier alpha value is 0.350. The predicted molar refractivity (Wildman–Crippen MR) is 74.7 cm³/mol. The molecule has 0 aromatic carbocycles. The van der Waals surface area contributed by atoms with Crippen molar-refractivity contribution in [3.63, 3.8) is 0 Å². The summed E-state index contributed by atoms with van der Waals surface area (Å²) in [6.45, 7) is 23.5. The minimum Gasteiger partial charge on any atom is -0.149 e. The zero-order chi connectivity index (χ0) is 12.7. The van der Waals surface area contributed by atoms with E-state index in [4.69, 9.17) is 0 Å². The van der Waals surface area contributed by atoms with E-state index in [1.54, 1.807) is 0 Å². The summed E-state index contributed by atoms with van der Waals surface area (Å²) < 4.78 is 0.607. The van der Waals surface area contributed by atoms with Crippen molar-refractivity contribution in [2.45, 2.75) is 78.7 Å². The first-order valence-electron chi connectivity index (χ1n) is 5.91. The zero-order valence-electron chi connectivity index (χ0n) is 12.4. The Bertz CT molecular complexity index is 210. The third kappa shape index (κ3) is 3.69. The van der Waals surface area contributed by atoms with Gasteiger partial charge in [0.05, 0.1) is 0 Å². The van der Waals surface area contributed by atoms with Gasteiger partial charge in [0.2, 0.25) is 0 Å². The summed E-state index contributed by atoms with van der Waals surface area (Å²) in [5.74, 6) is 0. The lowest BCUT2D eigenvalue weighted by Crippen LogP contribution is -2.47. The maximum Gasteiger partial charge on any atom is 0.0164 e. The molecule has 0 fully saturated rings. The van der Waals surface area contributed by atoms with Crippen LogP contribution < -0.4 is 0 Å². The Morgan fingerprint density at radius 1 is 0.600 bits per heavy atom. The van der Waals surface area contributed by atoms with E-state index in [-0.39, 0.29) is 4.75 Å². The molecule has 0 saturated heterocycles. The van der Waals surface area contributed by atoms with Crippen molar-refractivity contribution in [1.29, 1.82) is 0 Å². The van der Waals surface area contributed by atoms with E-state index in [0.717, 1.165) is 0 Å². The monoisotopic (exact) mass is 230 g/mol. The second-order valence-electron chi connectivity index (χ2n) is 7.60. The van der Waals surface area contributed by atoms with Gasteiger partial charge in [-0.25, -0.2) is 0 Å². The molecule has 0 atom stereocenters. The molecule has 0 amide bonds. The lowest BCUT2D eigenvalue weighted by molar-refractivity contribution is 0.0928. The fraction of sp³-hybridized carbons (Fsp3) is 1.00. The summed E-state index contributed by atoms with van der Waals surface area (Å²) in [5.41, 5.74) is 0.632. The second kappa shape index (κ2) is 3.98. The van der Waals surface area contributed by atoms with Gasteiger partial charge in [0.25, 0.3) is 0 Å². The molecule has 92 valence electrons. The van der Waals surface area contributed by atoms with Crippen LogP contribution in [0.1, 0.15) is 69.2 Å². The highest BCUT2D eigenvalue weighted by Crippen LogP contribution is 2.55. The van der Waals surface area contributed by atoms with E-state index in [9.17, 15) is 0 Å². The third-order valence-corrected chi connectivity index (χ3v) is 5.57. The fourth-order valence-corrected chi connectivity index (χ4v) is 3.89. The Morgan fingerprint density at radius 3 is 1.13 bits per heavy atom. The molecule has 0 N–H and O–H groups in total. The van der Waals surface area contributed by atoms with Gasteiger partial charge in [0, 0.05) is 9.49 Å². The Morgan fingerprint density at radius 2 is 0.933 bits per heavy atom. The van der Waals surface area contributed by atoms with Crippen LogP contribution in [0.3, 0.4) is 0 Å². The van der Waals surface area contributed by atoms with E-state index in [1.165, 1.54) is 0 Å². The largest absolute Gasteiger partial charge is 0.149 e. The van der Waals surface area contributed by atoms with Crippen molar-refractivity contribution in [1.82, 2.24) is 0 Å². The molecule has 1 heteroatoms. The van der Waals surface area contributed by atoms with Gasteiger partial charge in [-0.05, 0) is 10.8 Å². The summed E-state index contributed by atoms with van der Waals surface area (Å²) in [4.78, 5) is 0. The molecular formula is C14H30S. The average molecular weight is 230 g/mol. The molecule has 0 nitrogen and oxygen atoms in total. The van der Waals surface area contributed by atoms with Gasteiger partial charge in [-0.1, -0.05) is 69.2 Å². The molecule has 0 rings (SSSR count). The summed E-state index contributed by atoms with van der Waals surface area (Å²) >= 11 is 2.09. The van der Waals surface area contributed by atoms with Crippen LogP contribution in [-0.4, -0.2) is 9.49 Å². The predicted octanol–water partition coefficient (Wildman–Crippen LogP) is 5.37. The zero-order valence-corrected chi connectivity index (χ0v) is 13.2. The molecule has 0 aromatic rings. The van der Waals surface area contributed by atoms with Crippen molar-refractivity contribution in [2.24, 2.45) is 10.8 Å². The lowest BCUT2D eigenvalue weighted by Gasteiger charge is -2.52. The van der Waals surface area contributed by atoms with Crippen LogP contribution in [0.4, 0.5) is 0 Å². The first-order chi connectivity index (χ1) is 6.21. The quantitative estimate of drug-likeness (QED) is 0.614. The second-order valence-corrected chi connectivity index (χ2v) is 10.0. The molecule has 0 aliphatic heterocycles. The van der Waals surface area contributed by atoms with Gasteiger partial charge in [-0.15, -0.1) is 11.8 Å². The highest BCUT2D eigenvalue weighted by Gasteiger charge is 2.47. The summed E-state index contributed by atoms with van der Waals surface area (Å²) in [6.07, 6.45) is 0. The molecule has 0 radical (unpaired) electrons. The van der Waals surface area contributed by atoms with Gasteiger partial charge >= 0.3 is 0 Å². The first-order valence-corrected chi connectivity index (χ1v) is 6.72. The van der Waals surface area contributed by atoms with Crippen molar-refractivity contribution >= 4 is 11.8 Å². The first kappa shape index (κ1) is 15.3. The minimum absolute atomic E-state index is 0.281. The maximum atomic E-state index is 2.39. The summed E-state index contributed by atoms with van der Waals surface area (Å²) in [6, 6.07) is 0. The molecule has 15 heavy (non-hydrogen) atoms. The maximum absolute atomic E-state index is 2.39. The van der Waals surface area contributed by atoms with Crippen LogP contribution in [-0.2, 0) is 0 Å². The molecule has 0 unspecified atom stereocenters. The van der Waals surface area contributed by atoms with Gasteiger partial charge < -0.3 is 0 Å². The summed E-state index contributed by atoms with van der Waals surface area (Å²) in [7, 11) is 0. The number of thioether (sulfide) groups is 1. The van der Waals surface area contributed by atoms with Crippen molar-refractivity contribution in [3.05, 3.63) is 0 Å². The highest BCUT2D eigenvalue weighted by atomic mass is 32.2. The van der Waals surface area contributed by atoms with Gasteiger partial charge in [-0.2, -0.15) is 0 Å². The Kier molecular flexibility index (Phi) is 4.07. The van der Waals surface area contributed by atoms with Crippen molar-refractivity contribution in [3.8, 4) is 0 Å². The molecule has 0 bridgehead atoms. The number of rotatable bonds is 2. The molecule has 0 aliphatic rings. The van der Waals surface area contributed by atoms with E-state index in [2.05, 4.69) is 81.0 Å². The van der Waals surface area contributed by atoms with E-state index < -0.39 is 0 Å². The van der Waals surface area contributed by atoms with Crippen LogP contribution in [0.15, 0.2) is 0 Å². The lowest BCUT2D eigenvalue weighted by atomic mass is 9.63. The van der Waals surface area contributed by atoms with Crippen LogP contribution in [0.2, 0.25) is 0 Å². The molecule has 0 saturated carbocycles. The van der Waals surface area contributed by atoms with Gasteiger partial charge in [0.15, 0.2) is 0 Å². The molecular weight excluding hydrogens is 200 g/mol. The fourth-order valence-electron chi connectivity index (χ4n) is 1.80. The van der Waals surface area contributed by atoms with Crippen LogP contribution in [0, 0.1) is 10.8 Å². The summed E-state index contributed by atoms with van der Waals surface area (Å²) in [5, 5.41) is 0. The third-order valence-electron chi connectivity index (χ3n) is 3.94. The van der Waals surface area contributed by atoms with Gasteiger partial charge in [0.1, 0.15) is 0 Å². The van der Waals surface area contributed by atoms with Crippen LogP contribution in [0.25, 0.3) is 0 Å². The average Bonchev–Trinajstić information content (AvgIpc) is 1.77. The Balaban J connectivity index is 5.03. The van der Waals surface area contributed by atoms with Gasteiger partial charge in [-0.3, -0.25) is 0 Å². The number of hydrogen-bond acceptors (Lipinski definition) is 1. The molecule has 0 aliphatic carbocycles. The van der Waals surface area contributed by atoms with Crippen LogP contribution in [0.5, 0.6) is 0 Å². The van der Waals surface area contributed by atoms with E-state index >= 15 is 0 Å². The van der Waals surface area contributed by atoms with E-state index in [0.29, 0.717) is 15.6 Å². The molecule has 0 spiro atoms. The topological polar surface area (TPSA) is 0 Å².